The summed E-state index contributed by atoms with van der Waals surface area (Å²) in [7, 11) is 0. The predicted molar refractivity (Wildman–Crippen MR) is 87.2 cm³/mol. The molecule has 1 aromatic rings. The number of carboxylic acid groups (broad SMARTS) is 1. The maximum atomic E-state index is 10.3. The summed E-state index contributed by atoms with van der Waals surface area (Å²) in [5.74, 6) is -0.752. The van der Waals surface area contributed by atoms with Gasteiger partial charge in [0.05, 0.1) is 12.2 Å². The molecular weight excluding hydrogens is 300 g/mol. The molecule has 130 valence electrons. The van der Waals surface area contributed by atoms with Gasteiger partial charge in [0.2, 0.25) is 0 Å². The summed E-state index contributed by atoms with van der Waals surface area (Å²) in [6.45, 7) is 4.16. The Morgan fingerprint density at radius 3 is 2.17 bits per heavy atom. The zero-order valence-electron chi connectivity index (χ0n) is 13.5. The number of rotatable bonds is 3. The lowest BCUT2D eigenvalue weighted by Gasteiger charge is -2.20. The molecular formula is C17H26O6. The lowest BCUT2D eigenvalue weighted by molar-refractivity contribution is -0.133. The van der Waals surface area contributed by atoms with Crippen molar-refractivity contribution in [1.82, 2.24) is 0 Å². The number of hydrogen-bond acceptors (Lipinski definition) is 5. The average molecular weight is 326 g/mol. The fourth-order valence-corrected chi connectivity index (χ4v) is 1.84. The van der Waals surface area contributed by atoms with E-state index in [4.69, 9.17) is 25.5 Å². The second-order valence-electron chi connectivity index (χ2n) is 4.73. The largest absolute Gasteiger partial charge is 0.508 e. The molecule has 0 saturated carbocycles. The number of hydrogen-bond donors (Lipinski definition) is 5. The molecule has 2 atom stereocenters. The first-order valence-corrected chi connectivity index (χ1v) is 7.63. The van der Waals surface area contributed by atoms with Gasteiger partial charge in [-0.3, -0.25) is 0 Å². The van der Waals surface area contributed by atoms with Crippen molar-refractivity contribution >= 4 is 5.97 Å². The van der Waals surface area contributed by atoms with Crippen LogP contribution in [0.2, 0.25) is 0 Å². The van der Waals surface area contributed by atoms with E-state index in [2.05, 4.69) is 0 Å². The Morgan fingerprint density at radius 2 is 1.74 bits per heavy atom. The fourth-order valence-electron chi connectivity index (χ4n) is 1.84. The minimum absolute atomic E-state index is 0.158. The highest BCUT2D eigenvalue weighted by atomic mass is 16.4. The van der Waals surface area contributed by atoms with Crippen molar-refractivity contribution in [3.8, 4) is 5.75 Å². The summed E-state index contributed by atoms with van der Waals surface area (Å²) < 4.78 is 0. The molecule has 5 N–H and O–H groups in total. The minimum atomic E-state index is -1.02. The van der Waals surface area contributed by atoms with Gasteiger partial charge in [-0.05, 0) is 43.0 Å². The molecule has 0 bridgehead atoms. The topological polar surface area (TPSA) is 118 Å². The number of aliphatic hydroxyl groups is 3. The van der Waals surface area contributed by atoms with E-state index in [1.165, 1.54) is 6.08 Å². The van der Waals surface area contributed by atoms with Crippen LogP contribution >= 0.6 is 0 Å². The highest BCUT2D eigenvalue weighted by molar-refractivity contribution is 5.86. The second kappa shape index (κ2) is 11.6. The summed E-state index contributed by atoms with van der Waals surface area (Å²) in [6.07, 6.45) is 0.664. The van der Waals surface area contributed by atoms with Gasteiger partial charge in [-0.25, -0.2) is 4.79 Å². The number of phenols is 1. The Morgan fingerprint density at radius 1 is 1.17 bits per heavy atom. The standard InChI is InChI=1S/C8H10O2.C7H10O4.C2H6/c9-6-5-7-1-3-8(10)4-2-7;8-5-2-1-4(7(10)11)3-6(5)9;1-2/h1-4,9-10H,5-6H2;3,5-6,8-9H,1-2H2,(H,10,11);1-2H3. The van der Waals surface area contributed by atoms with Crippen molar-refractivity contribution in [2.45, 2.75) is 45.3 Å². The van der Waals surface area contributed by atoms with Crippen molar-refractivity contribution in [2.75, 3.05) is 6.61 Å². The first-order valence-electron chi connectivity index (χ1n) is 7.63. The van der Waals surface area contributed by atoms with Gasteiger partial charge in [-0.1, -0.05) is 26.0 Å². The number of carbonyl (C=O) groups is 1. The summed E-state index contributed by atoms with van der Waals surface area (Å²) >= 11 is 0. The summed E-state index contributed by atoms with van der Waals surface area (Å²) in [4.78, 5) is 10.3. The van der Waals surface area contributed by atoms with E-state index in [1.807, 2.05) is 13.8 Å². The van der Waals surface area contributed by atoms with Crippen molar-refractivity contribution in [3.05, 3.63) is 41.5 Å². The van der Waals surface area contributed by atoms with E-state index in [-0.39, 0.29) is 17.9 Å². The summed E-state index contributed by atoms with van der Waals surface area (Å²) in [5, 5.41) is 43.9. The Labute approximate surface area is 136 Å². The van der Waals surface area contributed by atoms with E-state index in [1.54, 1.807) is 24.3 Å². The number of benzene rings is 1. The molecule has 0 saturated heterocycles. The van der Waals surface area contributed by atoms with E-state index >= 15 is 0 Å². The molecule has 2 rings (SSSR count). The van der Waals surface area contributed by atoms with Gasteiger partial charge in [0.25, 0.3) is 0 Å². The first kappa shape index (κ1) is 21.1. The van der Waals surface area contributed by atoms with E-state index in [9.17, 15) is 4.79 Å². The fraction of sp³-hybridized carbons (Fsp3) is 0.471. The lowest BCUT2D eigenvalue weighted by Crippen LogP contribution is -2.28. The Kier molecular flexibility index (Phi) is 10.7. The molecule has 2 unspecified atom stereocenters. The van der Waals surface area contributed by atoms with Gasteiger partial charge in [0, 0.05) is 12.2 Å². The molecule has 0 fully saturated rings. The molecule has 6 nitrogen and oxygen atoms in total. The van der Waals surface area contributed by atoms with Crippen LogP contribution in [0, 0.1) is 0 Å². The molecule has 0 radical (unpaired) electrons. The van der Waals surface area contributed by atoms with Crippen molar-refractivity contribution in [1.29, 1.82) is 0 Å². The van der Waals surface area contributed by atoms with Gasteiger partial charge < -0.3 is 25.5 Å². The number of carboxylic acids is 1. The maximum Gasteiger partial charge on any atom is 0.331 e. The van der Waals surface area contributed by atoms with Gasteiger partial charge in [0.15, 0.2) is 0 Å². The smallest absolute Gasteiger partial charge is 0.331 e. The zero-order valence-corrected chi connectivity index (χ0v) is 13.5. The molecule has 0 spiro atoms. The zero-order chi connectivity index (χ0) is 17.8. The maximum absolute atomic E-state index is 10.3. The van der Waals surface area contributed by atoms with Crippen LogP contribution in [0.15, 0.2) is 35.9 Å². The molecule has 23 heavy (non-hydrogen) atoms. The van der Waals surface area contributed by atoms with Crippen LogP contribution in [0.25, 0.3) is 0 Å². The molecule has 6 heteroatoms. The van der Waals surface area contributed by atoms with Crippen LogP contribution in [0.5, 0.6) is 5.75 Å². The van der Waals surface area contributed by atoms with E-state index < -0.39 is 18.2 Å². The first-order chi connectivity index (χ1) is 10.9. The number of aliphatic carboxylic acids is 1. The highest BCUT2D eigenvalue weighted by Crippen LogP contribution is 2.18. The number of aromatic hydroxyl groups is 1. The van der Waals surface area contributed by atoms with Gasteiger partial charge in [-0.15, -0.1) is 0 Å². The SMILES string of the molecule is CC.O=C(O)C1=CC(O)C(O)CC1.OCCc1ccc(O)cc1. The summed E-state index contributed by atoms with van der Waals surface area (Å²) in [6, 6.07) is 6.83. The van der Waals surface area contributed by atoms with Crippen LogP contribution in [0.4, 0.5) is 0 Å². The molecule has 1 aromatic carbocycles. The lowest BCUT2D eigenvalue weighted by atomic mass is 9.95. The molecule has 0 aromatic heterocycles. The van der Waals surface area contributed by atoms with Crippen LogP contribution in [0.1, 0.15) is 32.3 Å². The predicted octanol–water partition coefficient (Wildman–Crippen LogP) is 1.47. The number of aliphatic hydroxyl groups excluding tert-OH is 3. The monoisotopic (exact) mass is 326 g/mol. The van der Waals surface area contributed by atoms with Crippen LogP contribution in [-0.4, -0.2) is 50.3 Å². The Balaban J connectivity index is 0.000000381. The third kappa shape index (κ3) is 8.35. The molecule has 1 aliphatic rings. The Bertz CT molecular complexity index is 480. The van der Waals surface area contributed by atoms with Crippen molar-refractivity contribution < 1.29 is 30.3 Å². The third-order valence-electron chi connectivity index (χ3n) is 3.09. The quantitative estimate of drug-likeness (QED) is 0.574. The normalized spacial score (nSPS) is 19.4. The minimum Gasteiger partial charge on any atom is -0.508 e. The van der Waals surface area contributed by atoms with Crippen LogP contribution in [0.3, 0.4) is 0 Å². The second-order valence-corrected chi connectivity index (χ2v) is 4.73. The van der Waals surface area contributed by atoms with Crippen LogP contribution in [-0.2, 0) is 11.2 Å². The Hall–Kier alpha value is -1.89. The van der Waals surface area contributed by atoms with Gasteiger partial charge in [0.1, 0.15) is 5.75 Å². The van der Waals surface area contributed by atoms with Crippen molar-refractivity contribution in [3.63, 3.8) is 0 Å². The third-order valence-corrected chi connectivity index (χ3v) is 3.09. The summed E-state index contributed by atoms with van der Waals surface area (Å²) in [5.41, 5.74) is 1.23. The highest BCUT2D eigenvalue weighted by Gasteiger charge is 2.23. The van der Waals surface area contributed by atoms with Crippen molar-refractivity contribution in [2.24, 2.45) is 0 Å². The van der Waals surface area contributed by atoms with Gasteiger partial charge in [-0.2, -0.15) is 0 Å². The molecule has 0 aliphatic heterocycles. The molecule has 0 amide bonds. The van der Waals surface area contributed by atoms with Gasteiger partial charge >= 0.3 is 5.97 Å². The molecule has 0 heterocycles. The number of phenolic OH excluding ortho intramolecular Hbond substituents is 1. The van der Waals surface area contributed by atoms with Crippen LogP contribution < -0.4 is 0 Å². The molecule has 1 aliphatic carbocycles. The average Bonchev–Trinajstić information content (AvgIpc) is 2.55. The van der Waals surface area contributed by atoms with E-state index in [0.717, 1.165) is 5.56 Å². The van der Waals surface area contributed by atoms with E-state index in [0.29, 0.717) is 19.3 Å².